The van der Waals surface area contributed by atoms with Crippen molar-refractivity contribution in [3.8, 4) is 6.07 Å². The topological polar surface area (TPSA) is 39.9 Å². The molecule has 100 valence electrons. The Morgan fingerprint density at radius 2 is 1.65 bits per heavy atom. The summed E-state index contributed by atoms with van der Waals surface area (Å²) in [5.41, 5.74) is 3.41. The molecule has 2 aromatic rings. The molecule has 3 heteroatoms. The van der Waals surface area contributed by atoms with E-state index in [-0.39, 0.29) is 0 Å². The van der Waals surface area contributed by atoms with Gasteiger partial charge in [0.25, 0.3) is 0 Å². The molecule has 0 aliphatic rings. The number of benzene rings is 1. The molecule has 0 N–H and O–H groups in total. The van der Waals surface area contributed by atoms with E-state index in [1.807, 2.05) is 19.2 Å². The van der Waals surface area contributed by atoms with Crippen molar-refractivity contribution < 1.29 is 0 Å². The van der Waals surface area contributed by atoms with E-state index >= 15 is 0 Å². The molecule has 0 atom stereocenters. The lowest BCUT2D eigenvalue weighted by Gasteiger charge is -2.17. The van der Waals surface area contributed by atoms with Gasteiger partial charge in [-0.2, -0.15) is 5.26 Å². The molecule has 0 aliphatic heterocycles. The Kier molecular flexibility index (Phi) is 4.91. The fourth-order valence-electron chi connectivity index (χ4n) is 1.85. The van der Waals surface area contributed by atoms with Crippen LogP contribution in [0.1, 0.15) is 17.5 Å². The lowest BCUT2D eigenvalue weighted by atomic mass is 10.1. The molecule has 1 aromatic heterocycles. The zero-order chi connectivity index (χ0) is 14.2. The fraction of sp³-hybridized carbons (Fsp3) is 0.176. The van der Waals surface area contributed by atoms with Gasteiger partial charge in [-0.25, -0.2) is 0 Å². The Morgan fingerprint density at radius 1 is 1.05 bits per heavy atom. The summed E-state index contributed by atoms with van der Waals surface area (Å²) < 4.78 is 0. The minimum atomic E-state index is 0.542. The SMILES string of the molecule is CN(CCC#N)c1ccc(/C=C/c2ccncc2)cc1. The van der Waals surface area contributed by atoms with Gasteiger partial charge < -0.3 is 4.90 Å². The van der Waals surface area contributed by atoms with Crippen LogP contribution in [0.3, 0.4) is 0 Å². The van der Waals surface area contributed by atoms with Crippen molar-refractivity contribution in [1.82, 2.24) is 4.98 Å². The van der Waals surface area contributed by atoms with Crippen LogP contribution in [0.4, 0.5) is 5.69 Å². The number of hydrogen-bond acceptors (Lipinski definition) is 3. The van der Waals surface area contributed by atoms with E-state index in [9.17, 15) is 0 Å². The molecule has 0 bridgehead atoms. The second-order valence-electron chi connectivity index (χ2n) is 4.54. The lowest BCUT2D eigenvalue weighted by molar-refractivity contribution is 0.905. The van der Waals surface area contributed by atoms with Gasteiger partial charge in [-0.3, -0.25) is 4.98 Å². The first-order valence-corrected chi connectivity index (χ1v) is 6.56. The highest BCUT2D eigenvalue weighted by molar-refractivity contribution is 5.70. The van der Waals surface area contributed by atoms with Crippen LogP contribution in [0.5, 0.6) is 0 Å². The number of nitriles is 1. The third-order valence-electron chi connectivity index (χ3n) is 3.07. The van der Waals surface area contributed by atoms with Gasteiger partial charge in [0.1, 0.15) is 0 Å². The van der Waals surface area contributed by atoms with E-state index in [2.05, 4.69) is 52.4 Å². The summed E-state index contributed by atoms with van der Waals surface area (Å²) in [6, 6.07) is 14.4. The fourth-order valence-corrected chi connectivity index (χ4v) is 1.85. The van der Waals surface area contributed by atoms with Gasteiger partial charge in [0.15, 0.2) is 0 Å². The van der Waals surface area contributed by atoms with Gasteiger partial charge in [-0.05, 0) is 35.4 Å². The van der Waals surface area contributed by atoms with Gasteiger partial charge in [0.05, 0.1) is 12.5 Å². The van der Waals surface area contributed by atoms with Crippen molar-refractivity contribution in [1.29, 1.82) is 5.26 Å². The van der Waals surface area contributed by atoms with Crippen molar-refractivity contribution >= 4 is 17.8 Å². The molecule has 0 unspecified atom stereocenters. The standard InChI is InChI=1S/C17H17N3/c1-20(14-2-11-18)17-7-5-15(6-8-17)3-4-16-9-12-19-13-10-16/h3-10,12-13H,2,14H2,1H3/b4-3+. The summed E-state index contributed by atoms with van der Waals surface area (Å²) in [6.45, 7) is 0.753. The Balaban J connectivity index is 2.02. The summed E-state index contributed by atoms with van der Waals surface area (Å²) in [6.07, 6.45) is 8.25. The zero-order valence-electron chi connectivity index (χ0n) is 11.5. The third kappa shape index (κ3) is 3.96. The normalized spacial score (nSPS) is 10.4. The van der Waals surface area contributed by atoms with Crippen LogP contribution in [0.25, 0.3) is 12.2 Å². The summed E-state index contributed by atoms with van der Waals surface area (Å²) in [7, 11) is 2.00. The maximum Gasteiger partial charge on any atom is 0.0640 e. The van der Waals surface area contributed by atoms with Crippen LogP contribution in [-0.4, -0.2) is 18.6 Å². The van der Waals surface area contributed by atoms with Crippen molar-refractivity contribution in [2.45, 2.75) is 6.42 Å². The van der Waals surface area contributed by atoms with Gasteiger partial charge in [-0.1, -0.05) is 24.3 Å². The van der Waals surface area contributed by atoms with Gasteiger partial charge in [0.2, 0.25) is 0 Å². The third-order valence-corrected chi connectivity index (χ3v) is 3.07. The second kappa shape index (κ2) is 7.10. The van der Waals surface area contributed by atoms with Crippen LogP contribution in [-0.2, 0) is 0 Å². The number of anilines is 1. The number of rotatable bonds is 5. The highest BCUT2D eigenvalue weighted by Crippen LogP contribution is 2.15. The molecule has 3 nitrogen and oxygen atoms in total. The van der Waals surface area contributed by atoms with Crippen molar-refractivity contribution in [2.75, 3.05) is 18.5 Å². The smallest absolute Gasteiger partial charge is 0.0640 e. The largest absolute Gasteiger partial charge is 0.374 e. The molecule has 0 fully saturated rings. The Morgan fingerprint density at radius 3 is 2.25 bits per heavy atom. The van der Waals surface area contributed by atoms with E-state index in [0.29, 0.717) is 6.42 Å². The molecule has 0 amide bonds. The van der Waals surface area contributed by atoms with Gasteiger partial charge >= 0.3 is 0 Å². The average Bonchev–Trinajstić information content (AvgIpc) is 2.52. The van der Waals surface area contributed by atoms with Crippen LogP contribution in [0.2, 0.25) is 0 Å². The van der Waals surface area contributed by atoms with E-state index in [1.165, 1.54) is 0 Å². The monoisotopic (exact) mass is 263 g/mol. The molecule has 0 aliphatic carbocycles. The Bertz CT molecular complexity index is 594. The molecule has 0 radical (unpaired) electrons. The molecule has 0 saturated heterocycles. The molecule has 1 heterocycles. The molecular weight excluding hydrogens is 246 g/mol. The van der Waals surface area contributed by atoms with Crippen LogP contribution < -0.4 is 4.90 Å². The predicted octanol–water partition coefficient (Wildman–Crippen LogP) is 3.60. The van der Waals surface area contributed by atoms with Gasteiger partial charge in [-0.15, -0.1) is 0 Å². The van der Waals surface area contributed by atoms with Crippen LogP contribution in [0, 0.1) is 11.3 Å². The number of pyridine rings is 1. The van der Waals surface area contributed by atoms with Crippen LogP contribution >= 0.6 is 0 Å². The minimum Gasteiger partial charge on any atom is -0.374 e. The number of hydrogen-bond donors (Lipinski definition) is 0. The quantitative estimate of drug-likeness (QED) is 0.827. The van der Waals surface area contributed by atoms with E-state index in [1.54, 1.807) is 12.4 Å². The summed E-state index contributed by atoms with van der Waals surface area (Å²) >= 11 is 0. The van der Waals surface area contributed by atoms with E-state index in [0.717, 1.165) is 23.4 Å². The maximum absolute atomic E-state index is 8.59. The molecular formula is C17H17N3. The summed E-state index contributed by atoms with van der Waals surface area (Å²) in [5, 5.41) is 8.59. The first-order valence-electron chi connectivity index (χ1n) is 6.56. The van der Waals surface area contributed by atoms with Crippen molar-refractivity contribution in [3.05, 3.63) is 59.9 Å². The minimum absolute atomic E-state index is 0.542. The highest BCUT2D eigenvalue weighted by atomic mass is 15.1. The molecule has 1 aromatic carbocycles. The Hall–Kier alpha value is -2.60. The van der Waals surface area contributed by atoms with Crippen molar-refractivity contribution in [2.24, 2.45) is 0 Å². The predicted molar refractivity (Wildman–Crippen MR) is 83.1 cm³/mol. The first-order chi connectivity index (χ1) is 9.79. The molecule has 20 heavy (non-hydrogen) atoms. The van der Waals surface area contributed by atoms with E-state index < -0.39 is 0 Å². The molecule has 0 spiro atoms. The molecule has 2 rings (SSSR count). The second-order valence-corrected chi connectivity index (χ2v) is 4.54. The summed E-state index contributed by atoms with van der Waals surface area (Å²) in [4.78, 5) is 6.08. The van der Waals surface area contributed by atoms with E-state index in [4.69, 9.17) is 5.26 Å². The highest BCUT2D eigenvalue weighted by Gasteiger charge is 1.99. The summed E-state index contributed by atoms with van der Waals surface area (Å²) in [5.74, 6) is 0. The van der Waals surface area contributed by atoms with Crippen molar-refractivity contribution in [3.63, 3.8) is 0 Å². The van der Waals surface area contributed by atoms with Gasteiger partial charge in [0, 0.05) is 31.7 Å². The molecule has 0 saturated carbocycles. The zero-order valence-corrected chi connectivity index (χ0v) is 11.5. The number of nitrogens with zero attached hydrogens (tertiary/aromatic N) is 3. The van der Waals surface area contributed by atoms with Crippen LogP contribution in [0.15, 0.2) is 48.8 Å². The first kappa shape index (κ1) is 13.8. The maximum atomic E-state index is 8.59. The lowest BCUT2D eigenvalue weighted by Crippen LogP contribution is -2.17. The number of aromatic nitrogens is 1. The average molecular weight is 263 g/mol. The Labute approximate surface area is 119 Å².